The highest BCUT2D eigenvalue weighted by atomic mass is 35.5. The molecule has 1 aliphatic heterocycles. The zero-order valence-electron chi connectivity index (χ0n) is 9.90. The average molecular weight is 272 g/mol. The van der Waals surface area contributed by atoms with Crippen molar-refractivity contribution in [1.29, 1.82) is 0 Å². The molecule has 0 spiro atoms. The molecule has 0 bridgehead atoms. The Kier molecular flexibility index (Phi) is 3.93. The van der Waals surface area contributed by atoms with E-state index < -0.39 is 12.0 Å². The van der Waals surface area contributed by atoms with Crippen LogP contribution in [0.3, 0.4) is 0 Å². The minimum Gasteiger partial charge on any atom is -0.486 e. The van der Waals surface area contributed by atoms with Gasteiger partial charge < -0.3 is 19.9 Å². The number of fused-ring (bicyclic) bond motifs is 1. The Bertz CT molecular complexity index is 464. The standard InChI is InChI=1S/C12H14ClNO4/c1-7(12(15)16)14-6-8-4-9(13)11-10(5-8)17-2-3-18-11/h4-5,7,14H,2-3,6H2,1H3,(H,15,16). The quantitative estimate of drug-likeness (QED) is 0.872. The first kappa shape index (κ1) is 13.0. The van der Waals surface area contributed by atoms with Gasteiger partial charge in [-0.3, -0.25) is 4.79 Å². The van der Waals surface area contributed by atoms with Gasteiger partial charge >= 0.3 is 5.97 Å². The van der Waals surface area contributed by atoms with E-state index in [0.717, 1.165) is 5.56 Å². The lowest BCUT2D eigenvalue weighted by atomic mass is 10.2. The Labute approximate surface area is 110 Å². The van der Waals surface area contributed by atoms with E-state index in [-0.39, 0.29) is 0 Å². The second-order valence-corrected chi connectivity index (χ2v) is 4.45. The predicted molar refractivity (Wildman–Crippen MR) is 66.4 cm³/mol. The highest BCUT2D eigenvalue weighted by molar-refractivity contribution is 6.32. The lowest BCUT2D eigenvalue weighted by molar-refractivity contribution is -0.139. The van der Waals surface area contributed by atoms with Gasteiger partial charge in [-0.05, 0) is 24.6 Å². The molecule has 1 unspecified atom stereocenters. The summed E-state index contributed by atoms with van der Waals surface area (Å²) in [6, 6.07) is 2.94. The molecule has 2 N–H and O–H groups in total. The molecule has 0 saturated carbocycles. The number of ether oxygens (including phenoxy) is 2. The number of rotatable bonds is 4. The number of carbonyl (C=O) groups is 1. The third-order valence-electron chi connectivity index (χ3n) is 2.64. The molecule has 2 rings (SSSR count). The molecule has 1 aromatic rings. The van der Waals surface area contributed by atoms with Gasteiger partial charge in [-0.15, -0.1) is 0 Å². The Hall–Kier alpha value is -1.46. The zero-order valence-corrected chi connectivity index (χ0v) is 10.7. The van der Waals surface area contributed by atoms with Gasteiger partial charge in [0.25, 0.3) is 0 Å². The van der Waals surface area contributed by atoms with Crippen molar-refractivity contribution in [3.63, 3.8) is 0 Å². The van der Waals surface area contributed by atoms with Crippen molar-refractivity contribution < 1.29 is 19.4 Å². The van der Waals surface area contributed by atoms with E-state index >= 15 is 0 Å². The van der Waals surface area contributed by atoms with Gasteiger partial charge in [0.1, 0.15) is 19.3 Å². The Morgan fingerprint density at radius 1 is 1.50 bits per heavy atom. The second kappa shape index (κ2) is 5.46. The molecular weight excluding hydrogens is 258 g/mol. The van der Waals surface area contributed by atoms with Crippen molar-refractivity contribution >= 4 is 17.6 Å². The third-order valence-corrected chi connectivity index (χ3v) is 2.92. The third kappa shape index (κ3) is 2.86. The molecule has 0 amide bonds. The highest BCUT2D eigenvalue weighted by Crippen LogP contribution is 2.38. The molecule has 1 atom stereocenters. The van der Waals surface area contributed by atoms with Crippen molar-refractivity contribution in [2.45, 2.75) is 19.5 Å². The summed E-state index contributed by atoms with van der Waals surface area (Å²) in [6.45, 7) is 2.97. The number of carboxylic acid groups (broad SMARTS) is 1. The Morgan fingerprint density at radius 2 is 2.22 bits per heavy atom. The molecule has 0 aromatic heterocycles. The summed E-state index contributed by atoms with van der Waals surface area (Å²) in [5, 5.41) is 12.1. The SMILES string of the molecule is CC(NCc1cc(Cl)c2c(c1)OCCO2)C(=O)O. The summed E-state index contributed by atoms with van der Waals surface area (Å²) in [4.78, 5) is 10.7. The fourth-order valence-corrected chi connectivity index (χ4v) is 1.91. The van der Waals surface area contributed by atoms with E-state index in [1.54, 1.807) is 13.0 Å². The normalized spacial score (nSPS) is 15.2. The smallest absolute Gasteiger partial charge is 0.320 e. The topological polar surface area (TPSA) is 67.8 Å². The Morgan fingerprint density at radius 3 is 2.94 bits per heavy atom. The van der Waals surface area contributed by atoms with E-state index in [0.29, 0.717) is 36.3 Å². The first-order valence-corrected chi connectivity index (χ1v) is 6.00. The van der Waals surface area contributed by atoms with Crippen LogP contribution in [0.4, 0.5) is 0 Å². The van der Waals surface area contributed by atoms with Crippen LogP contribution in [0.2, 0.25) is 5.02 Å². The van der Waals surface area contributed by atoms with E-state index in [9.17, 15) is 4.79 Å². The van der Waals surface area contributed by atoms with Crippen LogP contribution in [0, 0.1) is 0 Å². The number of hydrogen-bond acceptors (Lipinski definition) is 4. The van der Waals surface area contributed by atoms with Gasteiger partial charge in [0.15, 0.2) is 11.5 Å². The molecular formula is C12H14ClNO4. The van der Waals surface area contributed by atoms with Crippen LogP contribution in [-0.4, -0.2) is 30.3 Å². The highest BCUT2D eigenvalue weighted by Gasteiger charge is 2.17. The molecule has 0 fully saturated rings. The molecule has 1 aromatic carbocycles. The van der Waals surface area contributed by atoms with Gasteiger partial charge in [0, 0.05) is 6.54 Å². The van der Waals surface area contributed by atoms with Gasteiger partial charge in [-0.2, -0.15) is 0 Å². The van der Waals surface area contributed by atoms with Crippen LogP contribution in [0.15, 0.2) is 12.1 Å². The predicted octanol–water partition coefficient (Wildman–Crippen LogP) is 1.67. The molecule has 0 saturated heterocycles. The summed E-state index contributed by atoms with van der Waals surface area (Å²) in [5.74, 6) is 0.269. The Balaban J connectivity index is 2.10. The number of halogens is 1. The summed E-state index contributed by atoms with van der Waals surface area (Å²) >= 11 is 6.08. The first-order chi connectivity index (χ1) is 8.58. The van der Waals surface area contributed by atoms with Crippen LogP contribution in [-0.2, 0) is 11.3 Å². The van der Waals surface area contributed by atoms with E-state index in [1.165, 1.54) is 0 Å². The summed E-state index contributed by atoms with van der Waals surface area (Å²) < 4.78 is 10.8. The number of benzene rings is 1. The fourth-order valence-electron chi connectivity index (χ4n) is 1.62. The van der Waals surface area contributed by atoms with E-state index in [1.807, 2.05) is 6.07 Å². The minimum atomic E-state index is -0.890. The van der Waals surface area contributed by atoms with Crippen LogP contribution in [0.1, 0.15) is 12.5 Å². The fraction of sp³-hybridized carbons (Fsp3) is 0.417. The van der Waals surface area contributed by atoms with Crippen molar-refractivity contribution in [2.75, 3.05) is 13.2 Å². The lowest BCUT2D eigenvalue weighted by Crippen LogP contribution is -2.33. The second-order valence-electron chi connectivity index (χ2n) is 4.04. The molecule has 1 heterocycles. The molecule has 5 nitrogen and oxygen atoms in total. The first-order valence-electron chi connectivity index (χ1n) is 5.62. The number of carboxylic acids is 1. The van der Waals surface area contributed by atoms with E-state index in [4.69, 9.17) is 26.2 Å². The van der Waals surface area contributed by atoms with Crippen molar-refractivity contribution in [3.05, 3.63) is 22.7 Å². The molecule has 0 aliphatic carbocycles. The number of nitrogens with one attached hydrogen (secondary N) is 1. The van der Waals surface area contributed by atoms with Crippen molar-refractivity contribution in [3.8, 4) is 11.5 Å². The van der Waals surface area contributed by atoms with Crippen molar-refractivity contribution in [2.24, 2.45) is 0 Å². The number of hydrogen-bond donors (Lipinski definition) is 2. The zero-order chi connectivity index (χ0) is 13.1. The van der Waals surface area contributed by atoms with Crippen LogP contribution >= 0.6 is 11.6 Å². The van der Waals surface area contributed by atoms with E-state index in [2.05, 4.69) is 5.32 Å². The van der Waals surface area contributed by atoms with Gasteiger partial charge in [0.05, 0.1) is 5.02 Å². The van der Waals surface area contributed by atoms with Gasteiger partial charge in [-0.1, -0.05) is 11.6 Å². The average Bonchev–Trinajstić information content (AvgIpc) is 2.36. The van der Waals surface area contributed by atoms with Gasteiger partial charge in [-0.25, -0.2) is 0 Å². The molecule has 18 heavy (non-hydrogen) atoms. The monoisotopic (exact) mass is 271 g/mol. The minimum absolute atomic E-state index is 0.407. The van der Waals surface area contributed by atoms with Crippen molar-refractivity contribution in [1.82, 2.24) is 5.32 Å². The largest absolute Gasteiger partial charge is 0.486 e. The van der Waals surface area contributed by atoms with Crippen LogP contribution < -0.4 is 14.8 Å². The van der Waals surface area contributed by atoms with Gasteiger partial charge in [0.2, 0.25) is 0 Å². The molecule has 1 aliphatic rings. The molecule has 98 valence electrons. The summed E-state index contributed by atoms with van der Waals surface area (Å²) in [7, 11) is 0. The summed E-state index contributed by atoms with van der Waals surface area (Å²) in [5.41, 5.74) is 0.859. The maximum Gasteiger partial charge on any atom is 0.320 e. The van der Waals surface area contributed by atoms with Crippen LogP contribution in [0.5, 0.6) is 11.5 Å². The molecule has 6 heteroatoms. The number of aliphatic carboxylic acids is 1. The maximum absolute atomic E-state index is 10.7. The lowest BCUT2D eigenvalue weighted by Gasteiger charge is -2.20. The molecule has 0 radical (unpaired) electrons. The maximum atomic E-state index is 10.7. The summed E-state index contributed by atoms with van der Waals surface area (Å²) in [6.07, 6.45) is 0. The van der Waals surface area contributed by atoms with Crippen LogP contribution in [0.25, 0.3) is 0 Å².